The maximum absolute atomic E-state index is 12.4. The summed E-state index contributed by atoms with van der Waals surface area (Å²) in [5.74, 6) is 0. The number of rotatable bonds is 2. The van der Waals surface area contributed by atoms with Crippen LogP contribution < -0.4 is 5.69 Å². The maximum Gasteiger partial charge on any atom is 0.334 e. The molecule has 0 fully saturated rings. The van der Waals surface area contributed by atoms with Gasteiger partial charge in [0.25, 0.3) is 0 Å². The van der Waals surface area contributed by atoms with Crippen molar-refractivity contribution in [1.29, 1.82) is 0 Å². The minimum atomic E-state index is -0.0238. The quantitative estimate of drug-likeness (QED) is 0.797. The standard InChI is InChI=1S/C13H17N3O/c1-5-10(4)16-12-11(7-6-8-14-12)15(9(2)3)13(16)17/h5-9H,1-4H3/b10-5+. The second kappa shape index (κ2) is 4.20. The summed E-state index contributed by atoms with van der Waals surface area (Å²) >= 11 is 0. The summed E-state index contributed by atoms with van der Waals surface area (Å²) in [5, 5.41) is 0. The molecule has 17 heavy (non-hydrogen) atoms. The van der Waals surface area contributed by atoms with Crippen LogP contribution in [0, 0.1) is 0 Å². The Bertz CT molecular complexity index is 632. The topological polar surface area (TPSA) is 39.8 Å². The highest BCUT2D eigenvalue weighted by Crippen LogP contribution is 2.17. The minimum absolute atomic E-state index is 0.0238. The smallest absolute Gasteiger partial charge is 0.287 e. The van der Waals surface area contributed by atoms with E-state index in [-0.39, 0.29) is 11.7 Å². The van der Waals surface area contributed by atoms with E-state index in [1.54, 1.807) is 15.3 Å². The molecule has 2 heterocycles. The van der Waals surface area contributed by atoms with Gasteiger partial charge in [-0.1, -0.05) is 6.08 Å². The molecule has 0 saturated carbocycles. The zero-order valence-electron chi connectivity index (χ0n) is 10.6. The predicted molar refractivity (Wildman–Crippen MR) is 70.0 cm³/mol. The molecule has 2 rings (SSSR count). The molecule has 0 saturated heterocycles. The number of fused-ring (bicyclic) bond motifs is 1. The van der Waals surface area contributed by atoms with Gasteiger partial charge < -0.3 is 0 Å². The van der Waals surface area contributed by atoms with Gasteiger partial charge in [-0.15, -0.1) is 0 Å². The second-order valence-electron chi connectivity index (χ2n) is 4.36. The van der Waals surface area contributed by atoms with Crippen LogP contribution >= 0.6 is 0 Å². The predicted octanol–water partition coefficient (Wildman–Crippen LogP) is 2.66. The Morgan fingerprint density at radius 3 is 2.76 bits per heavy atom. The third kappa shape index (κ3) is 1.69. The van der Waals surface area contributed by atoms with Gasteiger partial charge in [0.2, 0.25) is 0 Å². The van der Waals surface area contributed by atoms with Crippen LogP contribution in [0.2, 0.25) is 0 Å². The van der Waals surface area contributed by atoms with Gasteiger partial charge in [0.1, 0.15) is 0 Å². The highest BCUT2D eigenvalue weighted by Gasteiger charge is 2.16. The molecule has 0 aliphatic heterocycles. The first kappa shape index (κ1) is 11.6. The fourth-order valence-corrected chi connectivity index (χ4v) is 2.00. The molecule has 90 valence electrons. The highest BCUT2D eigenvalue weighted by atomic mass is 16.1. The Labute approximate surface area is 100 Å². The van der Waals surface area contributed by atoms with E-state index in [9.17, 15) is 4.79 Å². The monoisotopic (exact) mass is 231 g/mol. The molecule has 0 unspecified atom stereocenters. The van der Waals surface area contributed by atoms with Gasteiger partial charge in [0.15, 0.2) is 5.65 Å². The van der Waals surface area contributed by atoms with Crippen molar-refractivity contribution in [2.75, 3.05) is 0 Å². The van der Waals surface area contributed by atoms with E-state index in [1.807, 2.05) is 45.9 Å². The molecule has 0 radical (unpaired) electrons. The molecular formula is C13H17N3O. The summed E-state index contributed by atoms with van der Waals surface area (Å²) in [6.45, 7) is 7.84. The van der Waals surface area contributed by atoms with Crippen LogP contribution in [0.25, 0.3) is 16.9 Å². The second-order valence-corrected chi connectivity index (χ2v) is 4.36. The van der Waals surface area contributed by atoms with Crippen molar-refractivity contribution in [1.82, 2.24) is 14.1 Å². The summed E-state index contributed by atoms with van der Waals surface area (Å²) in [7, 11) is 0. The van der Waals surface area contributed by atoms with Crippen LogP contribution in [-0.4, -0.2) is 14.1 Å². The van der Waals surface area contributed by atoms with Crippen molar-refractivity contribution < 1.29 is 0 Å². The van der Waals surface area contributed by atoms with Crippen LogP contribution in [0.15, 0.2) is 29.2 Å². The Morgan fingerprint density at radius 1 is 1.47 bits per heavy atom. The summed E-state index contributed by atoms with van der Waals surface area (Å²) < 4.78 is 3.44. The summed E-state index contributed by atoms with van der Waals surface area (Å²) in [5.41, 5.74) is 2.48. The van der Waals surface area contributed by atoms with Crippen LogP contribution in [0.3, 0.4) is 0 Å². The van der Waals surface area contributed by atoms with Gasteiger partial charge in [0, 0.05) is 17.9 Å². The lowest BCUT2D eigenvalue weighted by atomic mass is 10.3. The van der Waals surface area contributed by atoms with Crippen LogP contribution in [-0.2, 0) is 0 Å². The van der Waals surface area contributed by atoms with E-state index in [0.29, 0.717) is 0 Å². The van der Waals surface area contributed by atoms with E-state index in [0.717, 1.165) is 16.9 Å². The largest absolute Gasteiger partial charge is 0.334 e. The third-order valence-electron chi connectivity index (χ3n) is 2.92. The number of imidazole rings is 1. The molecule has 2 aromatic heterocycles. The first-order valence-corrected chi connectivity index (χ1v) is 5.79. The number of pyridine rings is 1. The van der Waals surface area contributed by atoms with Gasteiger partial charge >= 0.3 is 5.69 Å². The molecule has 0 aromatic carbocycles. The van der Waals surface area contributed by atoms with Crippen molar-refractivity contribution >= 4 is 16.9 Å². The van der Waals surface area contributed by atoms with E-state index in [4.69, 9.17) is 0 Å². The molecule has 0 aliphatic rings. The zero-order chi connectivity index (χ0) is 12.6. The van der Waals surface area contributed by atoms with E-state index in [2.05, 4.69) is 4.98 Å². The molecular weight excluding hydrogens is 214 g/mol. The average Bonchev–Trinajstić information content (AvgIpc) is 2.60. The molecule has 4 heteroatoms. The number of hydrogen-bond donors (Lipinski definition) is 0. The number of aromatic nitrogens is 3. The Kier molecular flexibility index (Phi) is 2.88. The molecule has 0 N–H and O–H groups in total. The van der Waals surface area contributed by atoms with Crippen molar-refractivity contribution in [3.8, 4) is 0 Å². The van der Waals surface area contributed by atoms with Crippen molar-refractivity contribution in [2.24, 2.45) is 0 Å². The lowest BCUT2D eigenvalue weighted by Crippen LogP contribution is -2.24. The molecule has 0 spiro atoms. The third-order valence-corrected chi connectivity index (χ3v) is 2.92. The number of nitrogens with zero attached hydrogens (tertiary/aromatic N) is 3. The van der Waals surface area contributed by atoms with Gasteiger partial charge in [-0.3, -0.25) is 4.57 Å². The summed E-state index contributed by atoms with van der Waals surface area (Å²) in [6, 6.07) is 3.92. The Morgan fingerprint density at radius 2 is 2.18 bits per heavy atom. The van der Waals surface area contributed by atoms with Crippen molar-refractivity contribution in [3.63, 3.8) is 0 Å². The number of hydrogen-bond acceptors (Lipinski definition) is 2. The molecule has 0 atom stereocenters. The lowest BCUT2D eigenvalue weighted by molar-refractivity contribution is 0.591. The van der Waals surface area contributed by atoms with Gasteiger partial charge in [-0.25, -0.2) is 14.3 Å². The molecule has 4 nitrogen and oxygen atoms in total. The van der Waals surface area contributed by atoms with Crippen LogP contribution in [0.1, 0.15) is 33.7 Å². The van der Waals surface area contributed by atoms with Gasteiger partial charge in [0.05, 0.1) is 5.52 Å². The molecule has 0 aliphatic carbocycles. The maximum atomic E-state index is 12.4. The molecule has 0 amide bonds. The number of allylic oxidation sites excluding steroid dienone is 2. The normalized spacial score (nSPS) is 12.6. The van der Waals surface area contributed by atoms with Crippen molar-refractivity contribution in [2.45, 2.75) is 33.7 Å². The van der Waals surface area contributed by atoms with E-state index in [1.165, 1.54) is 0 Å². The SMILES string of the molecule is C/C=C(\C)n1c(=O)n(C(C)C)c2cccnc21. The van der Waals surface area contributed by atoms with Crippen molar-refractivity contribution in [3.05, 3.63) is 34.9 Å². The van der Waals surface area contributed by atoms with Gasteiger partial charge in [-0.2, -0.15) is 0 Å². The minimum Gasteiger partial charge on any atom is -0.287 e. The first-order valence-electron chi connectivity index (χ1n) is 5.79. The first-order chi connectivity index (χ1) is 8.07. The van der Waals surface area contributed by atoms with Gasteiger partial charge in [-0.05, 0) is 39.8 Å². The van der Waals surface area contributed by atoms with Crippen LogP contribution in [0.5, 0.6) is 0 Å². The highest BCUT2D eigenvalue weighted by molar-refractivity contribution is 5.75. The molecule has 2 aromatic rings. The Hall–Kier alpha value is -1.84. The fraction of sp³-hybridized carbons (Fsp3) is 0.385. The fourth-order valence-electron chi connectivity index (χ4n) is 2.00. The average molecular weight is 231 g/mol. The Balaban J connectivity index is 2.95. The van der Waals surface area contributed by atoms with E-state index >= 15 is 0 Å². The lowest BCUT2D eigenvalue weighted by Gasteiger charge is -2.05. The summed E-state index contributed by atoms with van der Waals surface area (Å²) in [4.78, 5) is 16.7. The molecule has 0 bridgehead atoms. The zero-order valence-corrected chi connectivity index (χ0v) is 10.6. The van der Waals surface area contributed by atoms with E-state index < -0.39 is 0 Å². The summed E-state index contributed by atoms with van der Waals surface area (Å²) in [6.07, 6.45) is 3.63. The van der Waals surface area contributed by atoms with Crippen LogP contribution in [0.4, 0.5) is 0 Å².